The summed E-state index contributed by atoms with van der Waals surface area (Å²) < 4.78 is 28.6. The van der Waals surface area contributed by atoms with Gasteiger partial charge in [0.15, 0.2) is 0 Å². The van der Waals surface area contributed by atoms with Gasteiger partial charge in [-0.15, -0.1) is 0 Å². The Morgan fingerprint density at radius 3 is 2.80 bits per heavy atom. The number of nitrogens with zero attached hydrogens (tertiary/aromatic N) is 2. The molecule has 1 rings (SSSR count). The van der Waals surface area contributed by atoms with Gasteiger partial charge in [0.2, 0.25) is 21.1 Å². The van der Waals surface area contributed by atoms with E-state index in [0.29, 0.717) is 11.7 Å². The molecule has 7 nitrogen and oxygen atoms in total. The third-order valence-electron chi connectivity index (χ3n) is 1.45. The fraction of sp³-hybridized carbons (Fsp3) is 0.667. The molecule has 4 N–H and O–H groups in total. The van der Waals surface area contributed by atoms with Gasteiger partial charge in [0, 0.05) is 24.6 Å². The molecular weight excluding hydrogens is 238 g/mol. The smallest absolute Gasteiger partial charge is 0.233 e. The van der Waals surface area contributed by atoms with Crippen molar-refractivity contribution >= 4 is 32.6 Å². The normalized spacial score (nSPS) is 11.5. The van der Waals surface area contributed by atoms with Crippen LogP contribution in [0.5, 0.6) is 0 Å². The monoisotopic (exact) mass is 251 g/mol. The molecule has 9 heteroatoms. The molecule has 0 fully saturated rings. The van der Waals surface area contributed by atoms with Gasteiger partial charge in [-0.3, -0.25) is 0 Å². The Morgan fingerprint density at radius 2 is 2.27 bits per heavy atom. The molecule has 1 aromatic heterocycles. The summed E-state index contributed by atoms with van der Waals surface area (Å²) in [7, 11) is -3.18. The van der Waals surface area contributed by atoms with Crippen molar-refractivity contribution in [3.63, 3.8) is 0 Å². The highest BCUT2D eigenvalue weighted by Gasteiger charge is 2.08. The van der Waals surface area contributed by atoms with Crippen molar-refractivity contribution in [2.75, 3.05) is 29.9 Å². The largest absolute Gasteiger partial charge is 0.367 e. The SMILES string of the molecule is CCNS(=O)(=O)CCNc1nc(N)ns1. The Morgan fingerprint density at radius 1 is 1.53 bits per heavy atom. The lowest BCUT2D eigenvalue weighted by Crippen LogP contribution is -2.29. The highest BCUT2D eigenvalue weighted by Crippen LogP contribution is 2.10. The van der Waals surface area contributed by atoms with E-state index in [4.69, 9.17) is 5.73 Å². The second kappa shape index (κ2) is 5.24. The molecule has 15 heavy (non-hydrogen) atoms. The van der Waals surface area contributed by atoms with E-state index < -0.39 is 10.0 Å². The molecule has 0 saturated heterocycles. The molecular formula is C6H13N5O2S2. The van der Waals surface area contributed by atoms with Crippen LogP contribution in [-0.4, -0.2) is 36.6 Å². The summed E-state index contributed by atoms with van der Waals surface area (Å²) >= 11 is 1.10. The minimum absolute atomic E-state index is 0.000322. The van der Waals surface area contributed by atoms with Crippen LogP contribution in [-0.2, 0) is 10.0 Å². The first-order valence-electron chi connectivity index (χ1n) is 4.34. The highest BCUT2D eigenvalue weighted by molar-refractivity contribution is 7.89. The summed E-state index contributed by atoms with van der Waals surface area (Å²) in [5.74, 6) is 0.192. The molecule has 0 aliphatic carbocycles. The zero-order valence-corrected chi connectivity index (χ0v) is 9.86. The second-order valence-corrected chi connectivity index (χ2v) is 5.38. The molecule has 86 valence electrons. The molecule has 1 heterocycles. The van der Waals surface area contributed by atoms with Crippen LogP contribution in [0, 0.1) is 0 Å². The lowest BCUT2D eigenvalue weighted by molar-refractivity contribution is 0.584. The lowest BCUT2D eigenvalue weighted by atomic mass is 10.7. The van der Waals surface area contributed by atoms with Gasteiger partial charge in [-0.1, -0.05) is 6.92 Å². The van der Waals surface area contributed by atoms with E-state index >= 15 is 0 Å². The van der Waals surface area contributed by atoms with Crippen LogP contribution in [0.2, 0.25) is 0 Å². The maximum atomic E-state index is 11.2. The average Bonchev–Trinajstić information content (AvgIpc) is 2.51. The van der Waals surface area contributed by atoms with Crippen molar-refractivity contribution in [2.45, 2.75) is 6.92 Å². The summed E-state index contributed by atoms with van der Waals surface area (Å²) in [6.45, 7) is 2.41. The first-order chi connectivity index (χ1) is 7.03. The molecule has 0 saturated carbocycles. The summed E-state index contributed by atoms with van der Waals surface area (Å²) in [5, 5.41) is 3.35. The van der Waals surface area contributed by atoms with Crippen LogP contribution in [0.1, 0.15) is 6.92 Å². The third kappa shape index (κ3) is 4.40. The Hall–Kier alpha value is -0.930. The van der Waals surface area contributed by atoms with Crippen LogP contribution < -0.4 is 15.8 Å². The topological polar surface area (TPSA) is 110 Å². The Labute approximate surface area is 92.3 Å². The molecule has 0 unspecified atom stereocenters. The Balaban J connectivity index is 2.33. The minimum Gasteiger partial charge on any atom is -0.367 e. The van der Waals surface area contributed by atoms with Crippen LogP contribution in [0.25, 0.3) is 0 Å². The van der Waals surface area contributed by atoms with Crippen molar-refractivity contribution in [3.05, 3.63) is 0 Å². The summed E-state index contributed by atoms with van der Waals surface area (Å²) in [6, 6.07) is 0. The quantitative estimate of drug-likeness (QED) is 0.627. The van der Waals surface area contributed by atoms with Crippen molar-refractivity contribution in [1.29, 1.82) is 0 Å². The number of aromatic nitrogens is 2. The van der Waals surface area contributed by atoms with Gasteiger partial charge >= 0.3 is 0 Å². The number of hydrogen-bond donors (Lipinski definition) is 3. The van der Waals surface area contributed by atoms with E-state index in [2.05, 4.69) is 19.4 Å². The first kappa shape index (κ1) is 12.1. The number of sulfonamides is 1. The predicted octanol–water partition coefficient (Wildman–Crippen LogP) is -0.529. The molecule has 0 bridgehead atoms. The van der Waals surface area contributed by atoms with Gasteiger partial charge in [0.1, 0.15) is 0 Å². The van der Waals surface area contributed by atoms with Crippen LogP contribution in [0.4, 0.5) is 11.1 Å². The zero-order chi connectivity index (χ0) is 11.3. The molecule has 0 aromatic carbocycles. The van der Waals surface area contributed by atoms with Gasteiger partial charge in [0.05, 0.1) is 5.75 Å². The van der Waals surface area contributed by atoms with E-state index in [0.717, 1.165) is 11.5 Å². The van der Waals surface area contributed by atoms with Gasteiger partial charge in [-0.2, -0.15) is 9.36 Å². The van der Waals surface area contributed by atoms with Crippen LogP contribution in [0.3, 0.4) is 0 Å². The molecule has 0 spiro atoms. The Bertz CT molecular complexity index is 401. The second-order valence-electron chi connectivity index (χ2n) is 2.70. The number of nitrogen functional groups attached to an aromatic ring is 1. The summed E-state index contributed by atoms with van der Waals surface area (Å²) in [4.78, 5) is 3.84. The average molecular weight is 251 g/mol. The first-order valence-corrected chi connectivity index (χ1v) is 6.76. The molecule has 0 radical (unpaired) electrons. The van der Waals surface area contributed by atoms with E-state index in [1.807, 2.05) is 0 Å². The summed E-state index contributed by atoms with van der Waals surface area (Å²) in [6.07, 6.45) is 0. The van der Waals surface area contributed by atoms with Gasteiger partial charge in [-0.05, 0) is 0 Å². The standard InChI is InChI=1S/C6H13N5O2S2/c1-2-9-15(12,13)4-3-8-6-10-5(7)11-14-6/h9H,2-4H2,1H3,(H3,7,8,10,11). The maximum Gasteiger partial charge on any atom is 0.233 e. The van der Waals surface area contributed by atoms with E-state index in [-0.39, 0.29) is 18.2 Å². The minimum atomic E-state index is -3.18. The van der Waals surface area contributed by atoms with E-state index in [9.17, 15) is 8.42 Å². The van der Waals surface area contributed by atoms with Crippen molar-refractivity contribution in [3.8, 4) is 0 Å². The third-order valence-corrected chi connectivity index (χ3v) is 3.61. The van der Waals surface area contributed by atoms with Crippen LogP contribution in [0.15, 0.2) is 0 Å². The Kier molecular flexibility index (Phi) is 4.24. The highest BCUT2D eigenvalue weighted by atomic mass is 32.2. The molecule has 0 amide bonds. The fourth-order valence-electron chi connectivity index (χ4n) is 0.891. The summed E-state index contributed by atoms with van der Waals surface area (Å²) in [5.41, 5.74) is 5.30. The fourth-order valence-corrected chi connectivity index (χ4v) is 2.37. The number of rotatable bonds is 6. The van der Waals surface area contributed by atoms with Crippen molar-refractivity contribution in [2.24, 2.45) is 0 Å². The number of anilines is 2. The van der Waals surface area contributed by atoms with Gasteiger partial charge in [0.25, 0.3) is 0 Å². The molecule has 0 aliphatic heterocycles. The number of nitrogens with two attached hydrogens (primary N) is 1. The van der Waals surface area contributed by atoms with E-state index in [1.54, 1.807) is 6.92 Å². The number of hydrogen-bond acceptors (Lipinski definition) is 7. The van der Waals surface area contributed by atoms with Gasteiger partial charge in [-0.25, -0.2) is 13.1 Å². The zero-order valence-electron chi connectivity index (χ0n) is 8.23. The molecule has 1 aromatic rings. The van der Waals surface area contributed by atoms with E-state index in [1.165, 1.54) is 0 Å². The number of nitrogens with one attached hydrogen (secondary N) is 2. The maximum absolute atomic E-state index is 11.2. The van der Waals surface area contributed by atoms with Crippen LogP contribution >= 0.6 is 11.5 Å². The molecule has 0 aliphatic rings. The molecule has 0 atom stereocenters. The lowest BCUT2D eigenvalue weighted by Gasteiger charge is -2.04. The van der Waals surface area contributed by atoms with Gasteiger partial charge < -0.3 is 11.1 Å². The predicted molar refractivity (Wildman–Crippen MR) is 60.3 cm³/mol. The van der Waals surface area contributed by atoms with Crippen molar-refractivity contribution < 1.29 is 8.42 Å². The van der Waals surface area contributed by atoms with Crippen molar-refractivity contribution in [1.82, 2.24) is 14.1 Å².